The maximum atomic E-state index is 4.22. The molecule has 0 aliphatic carbocycles. The van der Waals surface area contributed by atoms with Crippen molar-refractivity contribution in [3.05, 3.63) is 34.9 Å². The highest BCUT2D eigenvalue weighted by Crippen LogP contribution is 2.08. The summed E-state index contributed by atoms with van der Waals surface area (Å²) in [5.74, 6) is 0.901. The van der Waals surface area contributed by atoms with Crippen LogP contribution in [0.5, 0.6) is 0 Å². The largest absolute Gasteiger partial charge is 0.356 e. The van der Waals surface area contributed by atoms with Gasteiger partial charge in [0.25, 0.3) is 0 Å². The summed E-state index contributed by atoms with van der Waals surface area (Å²) in [6.07, 6.45) is 3.40. The molecule has 2 N–H and O–H groups in total. The van der Waals surface area contributed by atoms with Crippen LogP contribution in [0.4, 0.5) is 0 Å². The summed E-state index contributed by atoms with van der Waals surface area (Å²) in [6, 6.07) is 6.71. The molecule has 0 amide bonds. The van der Waals surface area contributed by atoms with Crippen LogP contribution in [0.1, 0.15) is 36.5 Å². The van der Waals surface area contributed by atoms with Crippen LogP contribution in [0.2, 0.25) is 0 Å². The lowest BCUT2D eigenvalue weighted by Gasteiger charge is -2.12. The van der Waals surface area contributed by atoms with Gasteiger partial charge in [-0.15, -0.1) is 24.0 Å². The zero-order valence-electron chi connectivity index (χ0n) is 13.1. The van der Waals surface area contributed by atoms with Gasteiger partial charge in [0.2, 0.25) is 0 Å². The molecule has 0 spiro atoms. The lowest BCUT2D eigenvalue weighted by Crippen LogP contribution is -2.38. The Morgan fingerprint density at radius 1 is 1.05 bits per heavy atom. The number of hydrogen-bond donors (Lipinski definition) is 2. The van der Waals surface area contributed by atoms with Crippen molar-refractivity contribution in [3.8, 4) is 0 Å². The highest BCUT2D eigenvalue weighted by Gasteiger charge is 1.99. The Morgan fingerprint density at radius 3 is 2.20 bits per heavy atom. The van der Waals surface area contributed by atoms with E-state index in [1.54, 1.807) is 0 Å². The van der Waals surface area contributed by atoms with E-state index >= 15 is 0 Å². The minimum Gasteiger partial charge on any atom is -0.356 e. The molecule has 1 aromatic rings. The van der Waals surface area contributed by atoms with E-state index in [4.69, 9.17) is 0 Å². The van der Waals surface area contributed by atoms with E-state index in [2.05, 4.69) is 54.6 Å². The summed E-state index contributed by atoms with van der Waals surface area (Å²) in [5, 5.41) is 6.67. The second-order valence-electron chi connectivity index (χ2n) is 5.03. The average Bonchev–Trinajstić information content (AvgIpc) is 2.36. The zero-order valence-corrected chi connectivity index (χ0v) is 15.5. The summed E-state index contributed by atoms with van der Waals surface area (Å²) >= 11 is 0. The number of guanidine groups is 1. The van der Waals surface area contributed by atoms with Gasteiger partial charge in [-0.05, 0) is 32.3 Å². The van der Waals surface area contributed by atoms with Crippen molar-refractivity contribution in [2.24, 2.45) is 4.99 Å². The van der Waals surface area contributed by atoms with Gasteiger partial charge in [-0.3, -0.25) is 4.99 Å². The second-order valence-corrected chi connectivity index (χ2v) is 5.03. The van der Waals surface area contributed by atoms with E-state index in [1.807, 2.05) is 7.05 Å². The van der Waals surface area contributed by atoms with Gasteiger partial charge in [-0.25, -0.2) is 0 Å². The molecule has 0 atom stereocenters. The zero-order chi connectivity index (χ0) is 14.1. The molecule has 0 saturated carbocycles. The number of hydrogen-bond acceptors (Lipinski definition) is 1. The van der Waals surface area contributed by atoms with Gasteiger partial charge in [0.15, 0.2) is 5.96 Å². The summed E-state index contributed by atoms with van der Waals surface area (Å²) < 4.78 is 0. The van der Waals surface area contributed by atoms with Crippen LogP contribution < -0.4 is 10.6 Å². The van der Waals surface area contributed by atoms with Gasteiger partial charge >= 0.3 is 0 Å². The fraction of sp³-hybridized carbons (Fsp3) is 0.562. The van der Waals surface area contributed by atoms with Crippen LogP contribution in [0, 0.1) is 13.8 Å². The third-order valence-electron chi connectivity index (χ3n) is 3.03. The van der Waals surface area contributed by atoms with Crippen molar-refractivity contribution in [1.82, 2.24) is 10.6 Å². The molecule has 0 saturated heterocycles. The molecule has 0 bridgehead atoms. The van der Waals surface area contributed by atoms with Crippen molar-refractivity contribution in [2.75, 3.05) is 20.1 Å². The van der Waals surface area contributed by atoms with E-state index in [1.165, 1.54) is 29.5 Å². The van der Waals surface area contributed by atoms with Crippen molar-refractivity contribution < 1.29 is 0 Å². The van der Waals surface area contributed by atoms with Crippen LogP contribution in [0.3, 0.4) is 0 Å². The number of benzene rings is 1. The topological polar surface area (TPSA) is 36.4 Å². The molecule has 0 aliphatic rings. The first kappa shape index (κ1) is 19.2. The Balaban J connectivity index is 0.00000361. The maximum Gasteiger partial charge on any atom is 0.190 e. The smallest absolute Gasteiger partial charge is 0.190 e. The Morgan fingerprint density at radius 2 is 1.65 bits per heavy atom. The second kappa shape index (κ2) is 10.9. The third-order valence-corrected chi connectivity index (χ3v) is 3.03. The standard InChI is InChI=1S/C16H27N3.HI/c1-5-6-8-18-16(17-4)19-9-7-15-11-13(2)10-14(3)12-15;/h10-12H,5-9H2,1-4H3,(H2,17,18,19);1H. The summed E-state index contributed by atoms with van der Waals surface area (Å²) in [4.78, 5) is 4.22. The molecule has 1 aromatic carbocycles. The molecular weight excluding hydrogens is 361 g/mol. The highest BCUT2D eigenvalue weighted by atomic mass is 127. The summed E-state index contributed by atoms with van der Waals surface area (Å²) in [5.41, 5.74) is 4.05. The van der Waals surface area contributed by atoms with Gasteiger partial charge in [-0.2, -0.15) is 0 Å². The molecule has 1 rings (SSSR count). The van der Waals surface area contributed by atoms with Crippen LogP contribution >= 0.6 is 24.0 Å². The molecule has 0 fully saturated rings. The Hall–Kier alpha value is -0.780. The average molecular weight is 389 g/mol. The fourth-order valence-corrected chi connectivity index (χ4v) is 2.14. The van der Waals surface area contributed by atoms with Crippen LogP contribution in [-0.4, -0.2) is 26.1 Å². The van der Waals surface area contributed by atoms with Gasteiger partial charge in [-0.1, -0.05) is 42.7 Å². The molecule has 20 heavy (non-hydrogen) atoms. The minimum atomic E-state index is 0. The van der Waals surface area contributed by atoms with E-state index in [9.17, 15) is 0 Å². The quantitative estimate of drug-likeness (QED) is 0.339. The van der Waals surface area contributed by atoms with E-state index < -0.39 is 0 Å². The van der Waals surface area contributed by atoms with Crippen molar-refractivity contribution in [2.45, 2.75) is 40.0 Å². The number of rotatable bonds is 6. The Bertz CT molecular complexity index is 396. The van der Waals surface area contributed by atoms with Crippen LogP contribution in [0.15, 0.2) is 23.2 Å². The van der Waals surface area contributed by atoms with Crippen molar-refractivity contribution in [1.29, 1.82) is 0 Å². The van der Waals surface area contributed by atoms with E-state index in [-0.39, 0.29) is 24.0 Å². The number of aliphatic imine (C=N–C) groups is 1. The maximum absolute atomic E-state index is 4.22. The van der Waals surface area contributed by atoms with Gasteiger partial charge in [0, 0.05) is 20.1 Å². The van der Waals surface area contributed by atoms with Crippen LogP contribution in [0.25, 0.3) is 0 Å². The normalized spacial score (nSPS) is 10.9. The lowest BCUT2D eigenvalue weighted by atomic mass is 10.1. The highest BCUT2D eigenvalue weighted by molar-refractivity contribution is 14.0. The van der Waals surface area contributed by atoms with Gasteiger partial charge < -0.3 is 10.6 Å². The monoisotopic (exact) mass is 389 g/mol. The predicted octanol–water partition coefficient (Wildman–Crippen LogP) is 3.43. The van der Waals surface area contributed by atoms with E-state index in [0.29, 0.717) is 0 Å². The minimum absolute atomic E-state index is 0. The predicted molar refractivity (Wildman–Crippen MR) is 99.3 cm³/mol. The molecule has 3 nitrogen and oxygen atoms in total. The summed E-state index contributed by atoms with van der Waals surface area (Å²) in [6.45, 7) is 8.39. The SMILES string of the molecule is CCCCNC(=NC)NCCc1cc(C)cc(C)c1.I. The first-order chi connectivity index (χ1) is 9.15. The number of unbranched alkanes of at least 4 members (excludes halogenated alkanes) is 1. The Labute approximate surface area is 140 Å². The van der Waals surface area contributed by atoms with Gasteiger partial charge in [0.05, 0.1) is 0 Å². The first-order valence-electron chi connectivity index (χ1n) is 7.17. The van der Waals surface area contributed by atoms with Crippen LogP contribution in [-0.2, 0) is 6.42 Å². The lowest BCUT2D eigenvalue weighted by molar-refractivity contribution is 0.726. The number of nitrogens with zero attached hydrogens (tertiary/aromatic N) is 1. The molecule has 114 valence electrons. The van der Waals surface area contributed by atoms with Crippen molar-refractivity contribution >= 4 is 29.9 Å². The molecule has 0 aliphatic heterocycles. The Kier molecular flexibility index (Phi) is 10.5. The van der Waals surface area contributed by atoms with Crippen molar-refractivity contribution in [3.63, 3.8) is 0 Å². The molecule has 4 heteroatoms. The molecule has 0 unspecified atom stereocenters. The number of halogens is 1. The molecule has 0 radical (unpaired) electrons. The number of nitrogens with one attached hydrogen (secondary N) is 2. The van der Waals surface area contributed by atoms with E-state index in [0.717, 1.165) is 25.5 Å². The third kappa shape index (κ3) is 7.72. The number of aryl methyl sites for hydroxylation is 2. The molecule has 0 heterocycles. The molecular formula is C16H28IN3. The first-order valence-corrected chi connectivity index (χ1v) is 7.17. The van der Waals surface area contributed by atoms with Gasteiger partial charge in [0.1, 0.15) is 0 Å². The fourth-order valence-electron chi connectivity index (χ4n) is 2.14. The molecule has 0 aromatic heterocycles. The summed E-state index contributed by atoms with van der Waals surface area (Å²) in [7, 11) is 1.82.